The molecular formula is C28H28ClN3O5S2. The number of aromatic nitrogens is 2. The molecule has 204 valence electrons. The Hall–Kier alpha value is -3.34. The maximum Gasteiger partial charge on any atom is 0.348 e. The van der Waals surface area contributed by atoms with Gasteiger partial charge in [-0.15, -0.1) is 11.3 Å². The number of hydrogen-bond donors (Lipinski definition) is 1. The predicted octanol–water partition coefficient (Wildman–Crippen LogP) is 5.97. The number of aryl methyl sites for hydroxylation is 2. The van der Waals surface area contributed by atoms with Crippen LogP contribution in [0, 0.1) is 6.92 Å². The van der Waals surface area contributed by atoms with Gasteiger partial charge in [0.2, 0.25) is 5.91 Å². The van der Waals surface area contributed by atoms with E-state index in [0.717, 1.165) is 22.6 Å². The third-order valence-corrected chi connectivity index (χ3v) is 8.19. The van der Waals surface area contributed by atoms with Crippen LogP contribution in [0.3, 0.4) is 0 Å². The standard InChI is InChI=1S/C28H28ClN3O5S2/c1-4-36-21-12-10-20(11-13-21)30-22(33)16-38-28-31-25-23(17(3)24(39-25)27(35)37-5-2)26(34)32(28)15-14-18-6-8-19(29)9-7-18/h6-13H,4-5,14-16H2,1-3H3,(H,30,33). The molecule has 0 saturated carbocycles. The van der Waals surface area contributed by atoms with Gasteiger partial charge < -0.3 is 14.8 Å². The topological polar surface area (TPSA) is 99.5 Å². The molecule has 0 aliphatic carbocycles. The number of halogens is 1. The van der Waals surface area contributed by atoms with Crippen molar-refractivity contribution in [3.63, 3.8) is 0 Å². The first-order valence-corrected chi connectivity index (χ1v) is 14.6. The Morgan fingerprint density at radius 1 is 1.08 bits per heavy atom. The van der Waals surface area contributed by atoms with Crippen LogP contribution < -0.4 is 15.6 Å². The average molecular weight is 586 g/mol. The molecule has 4 aromatic rings. The third-order valence-electron chi connectivity index (χ3n) is 5.79. The molecule has 0 aliphatic rings. The van der Waals surface area contributed by atoms with E-state index < -0.39 is 5.97 Å². The zero-order valence-corrected chi connectivity index (χ0v) is 24.2. The molecule has 39 heavy (non-hydrogen) atoms. The van der Waals surface area contributed by atoms with Gasteiger partial charge in [-0.3, -0.25) is 14.2 Å². The highest BCUT2D eigenvalue weighted by molar-refractivity contribution is 7.99. The number of nitrogens with one attached hydrogen (secondary N) is 1. The Labute approximate surface area is 239 Å². The van der Waals surface area contributed by atoms with Crippen molar-refractivity contribution in [1.29, 1.82) is 0 Å². The minimum Gasteiger partial charge on any atom is -0.494 e. The number of amides is 1. The number of thiophene rings is 1. The lowest BCUT2D eigenvalue weighted by atomic mass is 10.1. The van der Waals surface area contributed by atoms with Gasteiger partial charge >= 0.3 is 5.97 Å². The summed E-state index contributed by atoms with van der Waals surface area (Å²) in [5.41, 5.74) is 1.94. The van der Waals surface area contributed by atoms with Gasteiger partial charge in [0.25, 0.3) is 5.56 Å². The largest absolute Gasteiger partial charge is 0.494 e. The summed E-state index contributed by atoms with van der Waals surface area (Å²) < 4.78 is 12.2. The lowest BCUT2D eigenvalue weighted by molar-refractivity contribution is -0.113. The van der Waals surface area contributed by atoms with Crippen LogP contribution in [0.1, 0.15) is 34.6 Å². The number of thioether (sulfide) groups is 1. The number of carbonyl (C=O) groups excluding carboxylic acids is 2. The molecule has 0 spiro atoms. The van der Waals surface area contributed by atoms with Crippen molar-refractivity contribution in [2.24, 2.45) is 0 Å². The quantitative estimate of drug-likeness (QED) is 0.131. The van der Waals surface area contributed by atoms with E-state index in [1.807, 2.05) is 19.1 Å². The van der Waals surface area contributed by atoms with E-state index in [1.54, 1.807) is 54.8 Å². The second-order valence-corrected chi connectivity index (χ2v) is 10.9. The Morgan fingerprint density at radius 2 is 1.79 bits per heavy atom. The molecule has 0 saturated heterocycles. The normalized spacial score (nSPS) is 11.0. The summed E-state index contributed by atoms with van der Waals surface area (Å²) in [6.45, 7) is 6.50. The van der Waals surface area contributed by atoms with E-state index in [0.29, 0.717) is 56.1 Å². The molecule has 2 aromatic carbocycles. The number of ether oxygens (including phenoxy) is 2. The van der Waals surface area contributed by atoms with Gasteiger partial charge in [-0.05, 0) is 74.7 Å². The Kier molecular flexibility index (Phi) is 9.66. The predicted molar refractivity (Wildman–Crippen MR) is 157 cm³/mol. The molecule has 0 aliphatic heterocycles. The van der Waals surface area contributed by atoms with Crippen LogP contribution in [0.2, 0.25) is 5.02 Å². The van der Waals surface area contributed by atoms with Crippen molar-refractivity contribution in [3.8, 4) is 5.75 Å². The summed E-state index contributed by atoms with van der Waals surface area (Å²) >= 11 is 8.31. The molecule has 11 heteroatoms. The molecule has 2 heterocycles. The van der Waals surface area contributed by atoms with Gasteiger partial charge in [0, 0.05) is 17.3 Å². The summed E-state index contributed by atoms with van der Waals surface area (Å²) in [4.78, 5) is 44.4. The van der Waals surface area contributed by atoms with Gasteiger partial charge in [-0.1, -0.05) is 35.5 Å². The molecule has 0 radical (unpaired) electrons. The van der Waals surface area contributed by atoms with Gasteiger partial charge in [0.1, 0.15) is 15.5 Å². The average Bonchev–Trinajstić information content (AvgIpc) is 3.25. The fourth-order valence-electron chi connectivity index (χ4n) is 3.92. The maximum absolute atomic E-state index is 13.7. The van der Waals surface area contributed by atoms with Crippen molar-refractivity contribution in [2.75, 3.05) is 24.3 Å². The fourth-order valence-corrected chi connectivity index (χ4v) is 5.98. The first-order chi connectivity index (χ1) is 18.8. The smallest absolute Gasteiger partial charge is 0.348 e. The number of fused-ring (bicyclic) bond motifs is 1. The zero-order chi connectivity index (χ0) is 27.9. The Morgan fingerprint density at radius 3 is 2.46 bits per heavy atom. The molecule has 0 unspecified atom stereocenters. The molecule has 1 amide bonds. The van der Waals surface area contributed by atoms with Crippen molar-refractivity contribution < 1.29 is 19.1 Å². The van der Waals surface area contributed by atoms with E-state index in [2.05, 4.69) is 5.32 Å². The summed E-state index contributed by atoms with van der Waals surface area (Å²) in [6.07, 6.45) is 0.560. The van der Waals surface area contributed by atoms with Crippen LogP contribution in [0.25, 0.3) is 10.2 Å². The van der Waals surface area contributed by atoms with Gasteiger partial charge in [-0.2, -0.15) is 0 Å². The molecule has 1 N–H and O–H groups in total. The summed E-state index contributed by atoms with van der Waals surface area (Å²) in [5.74, 6) is 0.0492. The third kappa shape index (κ3) is 7.00. The summed E-state index contributed by atoms with van der Waals surface area (Å²) in [7, 11) is 0. The molecule has 0 fully saturated rings. The number of anilines is 1. The number of esters is 1. The highest BCUT2D eigenvalue weighted by Gasteiger charge is 2.23. The second-order valence-electron chi connectivity index (χ2n) is 8.48. The second kappa shape index (κ2) is 13.1. The SMILES string of the molecule is CCOC(=O)c1sc2nc(SCC(=O)Nc3ccc(OCC)cc3)n(CCc3ccc(Cl)cc3)c(=O)c2c1C. The highest BCUT2D eigenvalue weighted by atomic mass is 35.5. The van der Waals surface area contributed by atoms with Crippen molar-refractivity contribution in [1.82, 2.24) is 9.55 Å². The molecule has 2 aromatic heterocycles. The lowest BCUT2D eigenvalue weighted by Crippen LogP contribution is -2.25. The number of nitrogens with zero attached hydrogens (tertiary/aromatic N) is 2. The van der Waals surface area contributed by atoms with Crippen LogP contribution in [-0.2, 0) is 22.5 Å². The first kappa shape index (κ1) is 28.7. The molecule has 0 atom stereocenters. The maximum atomic E-state index is 13.7. The zero-order valence-electron chi connectivity index (χ0n) is 21.8. The first-order valence-electron chi connectivity index (χ1n) is 12.4. The summed E-state index contributed by atoms with van der Waals surface area (Å²) in [5, 5.41) is 4.28. The van der Waals surface area contributed by atoms with Crippen molar-refractivity contribution in [3.05, 3.63) is 79.9 Å². The van der Waals surface area contributed by atoms with E-state index in [-0.39, 0.29) is 23.8 Å². The van der Waals surface area contributed by atoms with Gasteiger partial charge in [0.05, 0.1) is 24.4 Å². The van der Waals surface area contributed by atoms with E-state index in [4.69, 9.17) is 26.1 Å². The molecular weight excluding hydrogens is 558 g/mol. The minimum absolute atomic E-state index is 0.0429. The number of carbonyl (C=O) groups is 2. The molecule has 8 nitrogen and oxygen atoms in total. The molecule has 0 bridgehead atoms. The Balaban J connectivity index is 1.60. The van der Waals surface area contributed by atoms with Gasteiger partial charge in [0.15, 0.2) is 5.16 Å². The lowest BCUT2D eigenvalue weighted by Gasteiger charge is -2.13. The van der Waals surface area contributed by atoms with Crippen molar-refractivity contribution in [2.45, 2.75) is 38.9 Å². The summed E-state index contributed by atoms with van der Waals surface area (Å²) in [6, 6.07) is 14.5. The van der Waals surface area contributed by atoms with E-state index >= 15 is 0 Å². The minimum atomic E-state index is -0.478. The van der Waals surface area contributed by atoms with Crippen LogP contribution >= 0.6 is 34.7 Å². The van der Waals surface area contributed by atoms with Crippen LogP contribution in [0.15, 0.2) is 58.5 Å². The molecule has 4 rings (SSSR count). The number of benzene rings is 2. The van der Waals surface area contributed by atoms with Crippen LogP contribution in [0.4, 0.5) is 5.69 Å². The fraction of sp³-hybridized carbons (Fsp3) is 0.286. The number of rotatable bonds is 11. The Bertz CT molecular complexity index is 1530. The van der Waals surface area contributed by atoms with Crippen LogP contribution in [0.5, 0.6) is 5.75 Å². The van der Waals surface area contributed by atoms with E-state index in [1.165, 1.54) is 11.8 Å². The van der Waals surface area contributed by atoms with Gasteiger partial charge in [-0.25, -0.2) is 9.78 Å². The number of hydrogen-bond acceptors (Lipinski definition) is 8. The van der Waals surface area contributed by atoms with E-state index in [9.17, 15) is 14.4 Å². The van der Waals surface area contributed by atoms with Crippen LogP contribution in [-0.4, -0.2) is 40.4 Å². The monoisotopic (exact) mass is 585 g/mol. The highest BCUT2D eigenvalue weighted by Crippen LogP contribution is 2.30. The van der Waals surface area contributed by atoms with Crippen molar-refractivity contribution >= 4 is 62.5 Å².